The van der Waals surface area contributed by atoms with Crippen LogP contribution in [0.2, 0.25) is 0 Å². The van der Waals surface area contributed by atoms with Gasteiger partial charge < -0.3 is 16.2 Å². The third-order valence-electron chi connectivity index (χ3n) is 4.04. The average Bonchev–Trinajstić information content (AvgIpc) is 3.04. The summed E-state index contributed by atoms with van der Waals surface area (Å²) < 4.78 is 63.2. The molecule has 0 fully saturated rings. The number of halogens is 3. The average molecular weight is 464 g/mol. The standard InChI is InChI=1S/C18H19F3N2O5S2/c1-17(2,3)13(24)15(26)23-16-11(14(22)25)8-12(29-16)30(27,28)10-6-4-9(5-7-10)18(19,20)21/h4-8,13,24H,1-3H3,(H2,22,25)(H,23,26)/t13-/m1/s1. The topological polar surface area (TPSA) is 127 Å². The van der Waals surface area contributed by atoms with Crippen molar-refractivity contribution < 1.29 is 36.3 Å². The fourth-order valence-electron chi connectivity index (χ4n) is 2.29. The lowest BCUT2D eigenvalue weighted by Gasteiger charge is -2.24. The van der Waals surface area contributed by atoms with Crippen molar-refractivity contribution in [3.05, 3.63) is 41.5 Å². The van der Waals surface area contributed by atoms with E-state index in [-0.39, 0.29) is 10.6 Å². The highest BCUT2D eigenvalue weighted by molar-refractivity contribution is 7.93. The highest BCUT2D eigenvalue weighted by Crippen LogP contribution is 2.36. The molecule has 0 radical (unpaired) electrons. The number of nitrogens with one attached hydrogen (secondary N) is 1. The van der Waals surface area contributed by atoms with Crippen molar-refractivity contribution >= 4 is 38.0 Å². The number of aliphatic hydroxyl groups excluding tert-OH is 1. The van der Waals surface area contributed by atoms with Gasteiger partial charge in [-0.25, -0.2) is 8.42 Å². The second-order valence-electron chi connectivity index (χ2n) is 7.46. The van der Waals surface area contributed by atoms with Gasteiger partial charge in [-0.3, -0.25) is 9.59 Å². The molecule has 2 amide bonds. The summed E-state index contributed by atoms with van der Waals surface area (Å²) >= 11 is 0.502. The van der Waals surface area contributed by atoms with Crippen molar-refractivity contribution in [3.63, 3.8) is 0 Å². The Labute approximate surface area is 174 Å². The SMILES string of the molecule is CC(C)(C)[C@H](O)C(=O)Nc1sc(S(=O)(=O)c2ccc(C(F)(F)F)cc2)cc1C(N)=O. The van der Waals surface area contributed by atoms with Crippen LogP contribution in [0, 0.1) is 5.41 Å². The summed E-state index contributed by atoms with van der Waals surface area (Å²) in [5.41, 5.74) is 3.09. The molecule has 1 atom stereocenters. The molecule has 0 aliphatic rings. The molecule has 1 aromatic heterocycles. The predicted molar refractivity (Wildman–Crippen MR) is 104 cm³/mol. The van der Waals surface area contributed by atoms with E-state index in [1.54, 1.807) is 20.8 Å². The lowest BCUT2D eigenvalue weighted by Crippen LogP contribution is -2.38. The largest absolute Gasteiger partial charge is 0.416 e. The molecule has 4 N–H and O–H groups in total. The molecule has 0 unspecified atom stereocenters. The Hall–Kier alpha value is -2.44. The van der Waals surface area contributed by atoms with Gasteiger partial charge in [0, 0.05) is 0 Å². The summed E-state index contributed by atoms with van der Waals surface area (Å²) in [4.78, 5) is 23.5. The molecular formula is C18H19F3N2O5S2. The van der Waals surface area contributed by atoms with Gasteiger partial charge in [0.1, 0.15) is 15.3 Å². The molecule has 12 heteroatoms. The monoisotopic (exact) mass is 464 g/mol. The number of hydrogen-bond donors (Lipinski definition) is 3. The van der Waals surface area contributed by atoms with Crippen LogP contribution in [0.25, 0.3) is 0 Å². The number of amides is 2. The molecule has 164 valence electrons. The Morgan fingerprint density at radius 1 is 1.13 bits per heavy atom. The summed E-state index contributed by atoms with van der Waals surface area (Å²) in [6, 6.07) is 3.77. The third kappa shape index (κ3) is 4.99. The second-order valence-corrected chi connectivity index (χ2v) is 10.7. The molecule has 0 saturated heterocycles. The maximum Gasteiger partial charge on any atom is 0.416 e. The Kier molecular flexibility index (Phi) is 6.36. The molecule has 0 bridgehead atoms. The number of aliphatic hydroxyl groups is 1. The van der Waals surface area contributed by atoms with E-state index in [1.807, 2.05) is 0 Å². The van der Waals surface area contributed by atoms with Crippen molar-refractivity contribution in [1.29, 1.82) is 0 Å². The van der Waals surface area contributed by atoms with Crippen LogP contribution in [-0.2, 0) is 20.8 Å². The van der Waals surface area contributed by atoms with Gasteiger partial charge in [-0.05, 0) is 35.7 Å². The molecule has 1 aromatic carbocycles. The van der Waals surface area contributed by atoms with Crippen molar-refractivity contribution in [2.24, 2.45) is 11.1 Å². The number of thiophene rings is 1. The first-order chi connectivity index (χ1) is 13.5. The van der Waals surface area contributed by atoms with E-state index in [2.05, 4.69) is 5.32 Å². The maximum atomic E-state index is 12.8. The molecule has 30 heavy (non-hydrogen) atoms. The van der Waals surface area contributed by atoms with Crippen LogP contribution in [-0.4, -0.2) is 31.4 Å². The van der Waals surface area contributed by atoms with Gasteiger partial charge in [0.05, 0.1) is 16.0 Å². The van der Waals surface area contributed by atoms with Gasteiger partial charge in [-0.1, -0.05) is 20.8 Å². The quantitative estimate of drug-likeness (QED) is 0.627. The number of rotatable bonds is 5. The van der Waals surface area contributed by atoms with E-state index in [9.17, 15) is 36.3 Å². The van der Waals surface area contributed by atoms with Crippen LogP contribution in [0.15, 0.2) is 39.4 Å². The number of benzene rings is 1. The Morgan fingerprint density at radius 3 is 2.10 bits per heavy atom. The minimum absolute atomic E-state index is 0.193. The Morgan fingerprint density at radius 2 is 1.67 bits per heavy atom. The van der Waals surface area contributed by atoms with Crippen molar-refractivity contribution in [3.8, 4) is 0 Å². The zero-order valence-corrected chi connectivity index (χ0v) is 17.7. The van der Waals surface area contributed by atoms with E-state index in [4.69, 9.17) is 5.73 Å². The normalized spacial score (nSPS) is 13.7. The molecule has 0 saturated carbocycles. The predicted octanol–water partition coefficient (Wildman–Crippen LogP) is 3.04. The van der Waals surface area contributed by atoms with Crippen LogP contribution < -0.4 is 11.1 Å². The Balaban J connectivity index is 2.44. The molecule has 2 aromatic rings. The van der Waals surface area contributed by atoms with Gasteiger partial charge in [0.2, 0.25) is 9.84 Å². The number of anilines is 1. The van der Waals surface area contributed by atoms with Crippen LogP contribution in [0.4, 0.5) is 18.2 Å². The highest BCUT2D eigenvalue weighted by Gasteiger charge is 2.33. The highest BCUT2D eigenvalue weighted by atomic mass is 32.2. The van der Waals surface area contributed by atoms with Crippen LogP contribution in [0.3, 0.4) is 0 Å². The van der Waals surface area contributed by atoms with Gasteiger partial charge in [-0.15, -0.1) is 11.3 Å². The zero-order chi connectivity index (χ0) is 23.1. The molecule has 0 aliphatic carbocycles. The van der Waals surface area contributed by atoms with Crippen molar-refractivity contribution in [1.82, 2.24) is 0 Å². The lowest BCUT2D eigenvalue weighted by molar-refractivity contribution is -0.137. The lowest BCUT2D eigenvalue weighted by atomic mass is 9.89. The van der Waals surface area contributed by atoms with Gasteiger partial charge in [0.15, 0.2) is 0 Å². The van der Waals surface area contributed by atoms with Crippen LogP contribution in [0.1, 0.15) is 36.7 Å². The van der Waals surface area contributed by atoms with Crippen molar-refractivity contribution in [2.75, 3.05) is 5.32 Å². The first kappa shape index (κ1) is 23.8. The summed E-state index contributed by atoms with van der Waals surface area (Å²) in [6.45, 7) is 4.80. The fourth-order valence-corrected chi connectivity index (χ4v) is 5.07. The number of sulfone groups is 1. The minimum Gasteiger partial charge on any atom is -0.383 e. The fraction of sp³-hybridized carbons (Fsp3) is 0.333. The number of carbonyl (C=O) groups is 2. The molecule has 0 spiro atoms. The van der Waals surface area contributed by atoms with Gasteiger partial charge in [-0.2, -0.15) is 13.2 Å². The maximum absolute atomic E-state index is 12.8. The van der Waals surface area contributed by atoms with E-state index >= 15 is 0 Å². The van der Waals surface area contributed by atoms with Gasteiger partial charge in [0.25, 0.3) is 11.8 Å². The van der Waals surface area contributed by atoms with Crippen LogP contribution >= 0.6 is 11.3 Å². The summed E-state index contributed by atoms with van der Waals surface area (Å²) in [6.07, 6.45) is -6.09. The van der Waals surface area contributed by atoms with E-state index < -0.39 is 54.0 Å². The summed E-state index contributed by atoms with van der Waals surface area (Å²) in [5.74, 6) is -1.90. The van der Waals surface area contributed by atoms with Crippen molar-refractivity contribution in [2.45, 2.75) is 42.2 Å². The molecular weight excluding hydrogens is 445 g/mol. The molecule has 1 heterocycles. The summed E-state index contributed by atoms with van der Waals surface area (Å²) in [7, 11) is -4.29. The van der Waals surface area contributed by atoms with Crippen LogP contribution in [0.5, 0.6) is 0 Å². The van der Waals surface area contributed by atoms with E-state index in [0.717, 1.165) is 18.2 Å². The molecule has 2 rings (SSSR count). The third-order valence-corrected chi connectivity index (χ3v) is 7.33. The first-order valence-corrected chi connectivity index (χ1v) is 10.7. The van der Waals surface area contributed by atoms with Gasteiger partial charge >= 0.3 is 6.18 Å². The number of carbonyl (C=O) groups excluding carboxylic acids is 2. The molecule has 0 aliphatic heterocycles. The number of nitrogens with two attached hydrogens (primary N) is 1. The second kappa shape index (κ2) is 8.00. The summed E-state index contributed by atoms with van der Waals surface area (Å²) in [5, 5.41) is 12.1. The Bertz CT molecular complexity index is 1070. The minimum atomic E-state index is -4.63. The molecule has 7 nitrogen and oxygen atoms in total. The zero-order valence-electron chi connectivity index (χ0n) is 16.1. The number of hydrogen-bond acceptors (Lipinski definition) is 6. The van der Waals surface area contributed by atoms with E-state index in [1.165, 1.54) is 0 Å². The smallest absolute Gasteiger partial charge is 0.383 e. The number of primary amides is 1. The number of alkyl halides is 3. The van der Waals surface area contributed by atoms with E-state index in [0.29, 0.717) is 23.5 Å². The first-order valence-electron chi connectivity index (χ1n) is 8.40.